The molecule has 0 aliphatic carbocycles. The topological polar surface area (TPSA) is 76.5 Å². The van der Waals surface area contributed by atoms with Gasteiger partial charge in [0.15, 0.2) is 22.8 Å². The number of nitrogens with one attached hydrogen (secondary N) is 1. The van der Waals surface area contributed by atoms with E-state index in [1.54, 1.807) is 24.8 Å². The summed E-state index contributed by atoms with van der Waals surface area (Å²) in [6, 6.07) is 11.8. The number of fused-ring (bicyclic) bond motifs is 1. The first-order valence-corrected chi connectivity index (χ1v) is 8.29. The Morgan fingerprint density at radius 3 is 2.54 bits per heavy atom. The maximum atomic E-state index is 4.66. The Bertz CT molecular complexity index is 1010. The number of benzene rings is 1. The standard InChI is InChI=1S/C17H11IN6/c18-12-3-1-2-11(10-12)15-23-16-14(20-8-9-21-16)17(24-15)22-13-4-6-19-7-5-13/h1-10H,(H,19,21,22,23,24). The molecular formula is C17H11IN6. The van der Waals surface area contributed by atoms with Crippen LogP contribution < -0.4 is 5.32 Å². The van der Waals surface area contributed by atoms with E-state index in [2.05, 4.69) is 52.8 Å². The quantitative estimate of drug-likeness (QED) is 0.502. The van der Waals surface area contributed by atoms with E-state index < -0.39 is 0 Å². The van der Waals surface area contributed by atoms with Gasteiger partial charge in [0.1, 0.15) is 0 Å². The van der Waals surface area contributed by atoms with Crippen molar-refractivity contribution in [3.63, 3.8) is 0 Å². The highest BCUT2D eigenvalue weighted by Crippen LogP contribution is 2.25. The van der Waals surface area contributed by atoms with Gasteiger partial charge in [-0.05, 0) is 46.9 Å². The molecule has 0 saturated heterocycles. The lowest BCUT2D eigenvalue weighted by Crippen LogP contribution is -2.01. The van der Waals surface area contributed by atoms with Crippen LogP contribution in [-0.2, 0) is 0 Å². The van der Waals surface area contributed by atoms with Gasteiger partial charge in [-0.2, -0.15) is 0 Å². The van der Waals surface area contributed by atoms with Crippen molar-refractivity contribution in [2.75, 3.05) is 5.32 Å². The molecule has 3 aromatic heterocycles. The number of halogens is 1. The molecule has 24 heavy (non-hydrogen) atoms. The molecule has 7 heteroatoms. The van der Waals surface area contributed by atoms with E-state index >= 15 is 0 Å². The van der Waals surface area contributed by atoms with Crippen LogP contribution in [0, 0.1) is 3.57 Å². The molecule has 0 atom stereocenters. The molecule has 0 aliphatic rings. The molecule has 0 fully saturated rings. The van der Waals surface area contributed by atoms with Gasteiger partial charge in [0.2, 0.25) is 0 Å². The summed E-state index contributed by atoms with van der Waals surface area (Å²) in [5, 5.41) is 3.28. The minimum Gasteiger partial charge on any atom is -0.338 e. The molecule has 4 aromatic rings. The van der Waals surface area contributed by atoms with Crippen LogP contribution in [0.15, 0.2) is 61.2 Å². The van der Waals surface area contributed by atoms with Crippen molar-refractivity contribution in [3.05, 3.63) is 64.8 Å². The van der Waals surface area contributed by atoms with Crippen LogP contribution in [0.1, 0.15) is 0 Å². The fraction of sp³-hybridized carbons (Fsp3) is 0. The van der Waals surface area contributed by atoms with Crippen LogP contribution in [0.2, 0.25) is 0 Å². The van der Waals surface area contributed by atoms with Crippen LogP contribution in [-0.4, -0.2) is 24.9 Å². The number of hydrogen-bond donors (Lipinski definition) is 1. The molecule has 1 N–H and O–H groups in total. The molecule has 0 spiro atoms. The van der Waals surface area contributed by atoms with Crippen LogP contribution in [0.5, 0.6) is 0 Å². The normalized spacial score (nSPS) is 10.7. The highest BCUT2D eigenvalue weighted by Gasteiger charge is 2.12. The zero-order chi connectivity index (χ0) is 16.4. The monoisotopic (exact) mass is 426 g/mol. The maximum Gasteiger partial charge on any atom is 0.184 e. The lowest BCUT2D eigenvalue weighted by atomic mass is 10.2. The van der Waals surface area contributed by atoms with Crippen LogP contribution in [0.3, 0.4) is 0 Å². The van der Waals surface area contributed by atoms with E-state index in [0.29, 0.717) is 22.8 Å². The number of hydrogen-bond acceptors (Lipinski definition) is 6. The second-order valence-electron chi connectivity index (χ2n) is 5.00. The van der Waals surface area contributed by atoms with E-state index in [4.69, 9.17) is 0 Å². The predicted octanol–water partition coefficient (Wildman–Crippen LogP) is 3.83. The number of rotatable bonds is 3. The van der Waals surface area contributed by atoms with Crippen molar-refractivity contribution in [2.24, 2.45) is 0 Å². The van der Waals surface area contributed by atoms with Gasteiger partial charge in [-0.15, -0.1) is 0 Å². The zero-order valence-electron chi connectivity index (χ0n) is 12.4. The van der Waals surface area contributed by atoms with Gasteiger partial charge in [0, 0.05) is 39.6 Å². The molecule has 6 nitrogen and oxygen atoms in total. The summed E-state index contributed by atoms with van der Waals surface area (Å²) in [6.07, 6.45) is 6.70. The molecular weight excluding hydrogens is 415 g/mol. The first-order chi connectivity index (χ1) is 11.8. The second-order valence-corrected chi connectivity index (χ2v) is 6.24. The van der Waals surface area contributed by atoms with Crippen LogP contribution >= 0.6 is 22.6 Å². The van der Waals surface area contributed by atoms with Gasteiger partial charge >= 0.3 is 0 Å². The fourth-order valence-electron chi connectivity index (χ4n) is 2.28. The molecule has 0 aliphatic heterocycles. The maximum absolute atomic E-state index is 4.66. The van der Waals surface area contributed by atoms with Crippen molar-refractivity contribution in [1.82, 2.24) is 24.9 Å². The molecule has 0 bridgehead atoms. The predicted molar refractivity (Wildman–Crippen MR) is 101 cm³/mol. The van der Waals surface area contributed by atoms with Crippen molar-refractivity contribution < 1.29 is 0 Å². The zero-order valence-corrected chi connectivity index (χ0v) is 14.5. The molecule has 1 aromatic carbocycles. The highest BCUT2D eigenvalue weighted by atomic mass is 127. The molecule has 3 heterocycles. The Morgan fingerprint density at radius 1 is 0.875 bits per heavy atom. The van der Waals surface area contributed by atoms with Gasteiger partial charge < -0.3 is 5.32 Å². The summed E-state index contributed by atoms with van der Waals surface area (Å²) >= 11 is 2.27. The SMILES string of the molecule is Ic1cccc(-c2nc(Nc3ccncc3)c3nccnc3n2)c1. The number of anilines is 2. The van der Waals surface area contributed by atoms with Crippen molar-refractivity contribution >= 4 is 45.3 Å². The number of aromatic nitrogens is 5. The number of pyridine rings is 1. The minimum atomic E-state index is 0.554. The molecule has 0 unspecified atom stereocenters. The second kappa shape index (κ2) is 6.44. The van der Waals surface area contributed by atoms with Gasteiger partial charge in [-0.3, -0.25) is 4.98 Å². The highest BCUT2D eigenvalue weighted by molar-refractivity contribution is 14.1. The van der Waals surface area contributed by atoms with E-state index in [-0.39, 0.29) is 0 Å². The van der Waals surface area contributed by atoms with Crippen molar-refractivity contribution in [2.45, 2.75) is 0 Å². The number of nitrogens with zero attached hydrogens (tertiary/aromatic N) is 5. The first-order valence-electron chi connectivity index (χ1n) is 7.21. The van der Waals surface area contributed by atoms with Crippen LogP contribution in [0.4, 0.5) is 11.5 Å². The minimum absolute atomic E-state index is 0.554. The Kier molecular flexibility index (Phi) is 3.99. The molecule has 4 rings (SSSR count). The van der Waals surface area contributed by atoms with Crippen molar-refractivity contribution in [1.29, 1.82) is 0 Å². The molecule has 0 amide bonds. The summed E-state index contributed by atoms with van der Waals surface area (Å²) in [7, 11) is 0. The third-order valence-electron chi connectivity index (χ3n) is 3.36. The third-order valence-corrected chi connectivity index (χ3v) is 4.03. The Balaban J connectivity index is 1.88. The largest absolute Gasteiger partial charge is 0.338 e. The Hall–Kier alpha value is -2.68. The fourth-order valence-corrected chi connectivity index (χ4v) is 2.82. The molecule has 116 valence electrons. The summed E-state index contributed by atoms with van der Waals surface area (Å²) in [4.78, 5) is 21.9. The summed E-state index contributed by atoms with van der Waals surface area (Å²) in [5.74, 6) is 1.23. The van der Waals surface area contributed by atoms with Crippen molar-refractivity contribution in [3.8, 4) is 11.4 Å². The van der Waals surface area contributed by atoms with Gasteiger partial charge in [0.05, 0.1) is 0 Å². The Morgan fingerprint density at radius 2 is 1.71 bits per heavy atom. The van der Waals surface area contributed by atoms with Gasteiger partial charge in [-0.1, -0.05) is 12.1 Å². The summed E-state index contributed by atoms with van der Waals surface area (Å²) in [6.45, 7) is 0. The average Bonchev–Trinajstić information content (AvgIpc) is 2.62. The van der Waals surface area contributed by atoms with Gasteiger partial charge in [-0.25, -0.2) is 19.9 Å². The molecule has 0 saturated carbocycles. The van der Waals surface area contributed by atoms with E-state index in [9.17, 15) is 0 Å². The van der Waals surface area contributed by atoms with Crippen LogP contribution in [0.25, 0.3) is 22.6 Å². The summed E-state index contributed by atoms with van der Waals surface area (Å²) in [5.41, 5.74) is 3.00. The third kappa shape index (κ3) is 3.02. The Labute approximate surface area is 151 Å². The first kappa shape index (κ1) is 14.9. The van der Waals surface area contributed by atoms with E-state index in [1.165, 1.54) is 0 Å². The van der Waals surface area contributed by atoms with Gasteiger partial charge in [0.25, 0.3) is 0 Å². The summed E-state index contributed by atoms with van der Waals surface area (Å²) < 4.78 is 1.12. The lowest BCUT2D eigenvalue weighted by molar-refractivity contribution is 1.15. The van der Waals surface area contributed by atoms with E-state index in [0.717, 1.165) is 14.8 Å². The van der Waals surface area contributed by atoms with E-state index in [1.807, 2.05) is 36.4 Å². The lowest BCUT2D eigenvalue weighted by Gasteiger charge is -2.09. The smallest absolute Gasteiger partial charge is 0.184 e. The average molecular weight is 426 g/mol. The molecule has 0 radical (unpaired) electrons.